The Morgan fingerprint density at radius 1 is 1.36 bits per heavy atom. The number of nitrogens with zero attached hydrogens (tertiary/aromatic N) is 3. The normalized spacial score (nSPS) is 19.5. The summed E-state index contributed by atoms with van der Waals surface area (Å²) >= 11 is 0. The van der Waals surface area contributed by atoms with E-state index in [1.165, 1.54) is 19.2 Å². The number of guanidine groups is 1. The zero-order valence-electron chi connectivity index (χ0n) is 17.2. The van der Waals surface area contributed by atoms with E-state index in [-0.39, 0.29) is 47.6 Å². The van der Waals surface area contributed by atoms with Crippen LogP contribution in [0.15, 0.2) is 29.3 Å². The lowest BCUT2D eigenvalue weighted by molar-refractivity contribution is -0.145. The number of nitrogens with one attached hydrogen (secondary N) is 1. The average molecular weight is 506 g/mol. The van der Waals surface area contributed by atoms with Gasteiger partial charge in [-0.2, -0.15) is 0 Å². The molecule has 1 saturated heterocycles. The van der Waals surface area contributed by atoms with E-state index in [4.69, 9.17) is 9.73 Å². The molecule has 1 aromatic carbocycles. The van der Waals surface area contributed by atoms with Gasteiger partial charge in [0.2, 0.25) is 0 Å². The van der Waals surface area contributed by atoms with Crippen LogP contribution in [0.25, 0.3) is 0 Å². The molecule has 158 valence electrons. The molecule has 2 atom stereocenters. The van der Waals surface area contributed by atoms with Crippen molar-refractivity contribution in [3.63, 3.8) is 0 Å². The molecular weight excluding hydrogens is 474 g/mol. The Bertz CT molecular complexity index is 642. The van der Waals surface area contributed by atoms with Crippen LogP contribution in [0.3, 0.4) is 0 Å². The summed E-state index contributed by atoms with van der Waals surface area (Å²) in [4.78, 5) is 20.9. The van der Waals surface area contributed by atoms with Crippen molar-refractivity contribution in [3.05, 3.63) is 35.6 Å². The third-order valence-corrected chi connectivity index (χ3v) is 4.86. The van der Waals surface area contributed by atoms with E-state index in [0.29, 0.717) is 13.1 Å². The van der Waals surface area contributed by atoms with Crippen LogP contribution in [0.5, 0.6) is 0 Å². The van der Waals surface area contributed by atoms with E-state index >= 15 is 0 Å². The van der Waals surface area contributed by atoms with E-state index in [1.807, 2.05) is 14.0 Å². The van der Waals surface area contributed by atoms with Gasteiger partial charge in [-0.1, -0.05) is 19.1 Å². The number of likely N-dealkylation sites (tertiary alicyclic amines) is 1. The molecule has 1 heterocycles. The number of likely N-dealkylation sites (N-methyl/N-ethyl adjacent to an activating group) is 1. The first-order chi connectivity index (χ1) is 12.9. The molecule has 1 aliphatic rings. The number of esters is 1. The maximum atomic E-state index is 13.0. The van der Waals surface area contributed by atoms with Gasteiger partial charge in [-0.15, -0.1) is 24.0 Å². The molecular formula is C20H32FIN4O2. The molecule has 6 nitrogen and oxygen atoms in total. The van der Waals surface area contributed by atoms with Crippen LogP contribution in [-0.4, -0.2) is 68.6 Å². The van der Waals surface area contributed by atoms with Gasteiger partial charge < -0.3 is 19.9 Å². The van der Waals surface area contributed by atoms with E-state index < -0.39 is 0 Å². The van der Waals surface area contributed by atoms with Crippen LogP contribution in [0, 0.1) is 17.7 Å². The van der Waals surface area contributed by atoms with Crippen LogP contribution < -0.4 is 5.32 Å². The Morgan fingerprint density at radius 2 is 2.04 bits per heavy atom. The number of rotatable bonds is 7. The van der Waals surface area contributed by atoms with E-state index in [1.54, 1.807) is 12.1 Å². The first kappa shape index (κ1) is 24.6. The van der Waals surface area contributed by atoms with E-state index in [0.717, 1.165) is 37.7 Å². The molecule has 0 radical (unpaired) electrons. The monoisotopic (exact) mass is 506 g/mol. The summed E-state index contributed by atoms with van der Waals surface area (Å²) in [6.45, 7) is 8.48. The Labute approximate surface area is 184 Å². The lowest BCUT2D eigenvalue weighted by Crippen LogP contribution is -2.41. The average Bonchev–Trinajstić information content (AvgIpc) is 3.04. The maximum absolute atomic E-state index is 13.0. The molecule has 1 aromatic rings. The van der Waals surface area contributed by atoms with Crippen molar-refractivity contribution >= 4 is 35.9 Å². The molecule has 0 spiro atoms. The van der Waals surface area contributed by atoms with Crippen LogP contribution in [0.2, 0.25) is 0 Å². The van der Waals surface area contributed by atoms with Crippen LogP contribution in [0.4, 0.5) is 4.39 Å². The van der Waals surface area contributed by atoms with E-state index in [2.05, 4.69) is 22.0 Å². The summed E-state index contributed by atoms with van der Waals surface area (Å²) < 4.78 is 17.9. The van der Waals surface area contributed by atoms with Gasteiger partial charge >= 0.3 is 5.97 Å². The second kappa shape index (κ2) is 12.2. The molecule has 0 saturated carbocycles. The van der Waals surface area contributed by atoms with Crippen LogP contribution in [0.1, 0.15) is 19.4 Å². The quantitative estimate of drug-likeness (QED) is 0.267. The smallest absolute Gasteiger partial charge is 0.310 e. The molecule has 2 unspecified atom stereocenters. The summed E-state index contributed by atoms with van der Waals surface area (Å²) in [6, 6.07) is 6.57. The molecule has 1 N–H and O–H groups in total. The topological polar surface area (TPSA) is 57.2 Å². The molecule has 0 aliphatic carbocycles. The third-order valence-electron chi connectivity index (χ3n) is 4.86. The highest BCUT2D eigenvalue weighted by atomic mass is 127. The van der Waals surface area contributed by atoms with Crippen molar-refractivity contribution in [3.8, 4) is 0 Å². The lowest BCUT2D eigenvalue weighted by atomic mass is 9.99. The van der Waals surface area contributed by atoms with Crippen molar-refractivity contribution in [1.29, 1.82) is 0 Å². The van der Waals surface area contributed by atoms with E-state index in [9.17, 15) is 9.18 Å². The SMILES string of the molecule is CCNC(=NCCN(C)Cc1ccc(F)cc1)N1CC(C)C(C(=O)OC)C1.I. The summed E-state index contributed by atoms with van der Waals surface area (Å²) in [5.41, 5.74) is 1.07. The Hall–Kier alpha value is -1.42. The molecule has 0 amide bonds. The van der Waals surface area contributed by atoms with Gasteiger partial charge in [-0.05, 0) is 37.6 Å². The number of hydrogen-bond acceptors (Lipinski definition) is 4. The number of ether oxygens (including phenoxy) is 1. The summed E-state index contributed by atoms with van der Waals surface area (Å²) in [5, 5.41) is 3.32. The number of methoxy groups -OCH3 is 1. The number of halogens is 2. The van der Waals surface area contributed by atoms with Crippen molar-refractivity contribution in [2.24, 2.45) is 16.8 Å². The Morgan fingerprint density at radius 3 is 2.64 bits per heavy atom. The van der Waals surface area contributed by atoms with Gasteiger partial charge in [0.25, 0.3) is 0 Å². The molecule has 8 heteroatoms. The number of hydrogen-bond donors (Lipinski definition) is 1. The zero-order chi connectivity index (χ0) is 19.8. The molecule has 2 rings (SSSR count). The van der Waals surface area contributed by atoms with Crippen molar-refractivity contribution in [2.75, 3.05) is 46.9 Å². The number of carbonyl (C=O) groups is 1. The first-order valence-electron chi connectivity index (χ1n) is 9.48. The van der Waals surface area contributed by atoms with Gasteiger partial charge in [0.15, 0.2) is 5.96 Å². The predicted molar refractivity (Wildman–Crippen MR) is 120 cm³/mol. The molecule has 1 fully saturated rings. The van der Waals surface area contributed by atoms with Crippen molar-refractivity contribution in [1.82, 2.24) is 15.1 Å². The fourth-order valence-electron chi connectivity index (χ4n) is 3.33. The Kier molecular flexibility index (Phi) is 10.7. The minimum atomic E-state index is -0.216. The number of carbonyl (C=O) groups excluding carboxylic acids is 1. The second-order valence-electron chi connectivity index (χ2n) is 7.11. The zero-order valence-corrected chi connectivity index (χ0v) is 19.5. The molecule has 0 bridgehead atoms. The highest BCUT2D eigenvalue weighted by molar-refractivity contribution is 14.0. The standard InChI is InChI=1S/C20H31FN4O2.HI/c1-5-22-20(25-12-15(2)18(14-25)19(26)27-4)23-10-11-24(3)13-16-6-8-17(21)9-7-16;/h6-9,15,18H,5,10-14H2,1-4H3,(H,22,23);1H. The predicted octanol–water partition coefficient (Wildman–Crippen LogP) is 2.58. The third kappa shape index (κ3) is 7.20. The fourth-order valence-corrected chi connectivity index (χ4v) is 3.33. The largest absolute Gasteiger partial charge is 0.469 e. The van der Waals surface area contributed by atoms with Gasteiger partial charge in [-0.3, -0.25) is 9.79 Å². The van der Waals surface area contributed by atoms with Gasteiger partial charge in [-0.25, -0.2) is 4.39 Å². The second-order valence-corrected chi connectivity index (χ2v) is 7.11. The lowest BCUT2D eigenvalue weighted by Gasteiger charge is -2.22. The molecule has 0 aromatic heterocycles. The van der Waals surface area contributed by atoms with Crippen molar-refractivity contribution < 1.29 is 13.9 Å². The van der Waals surface area contributed by atoms with Gasteiger partial charge in [0.05, 0.1) is 19.6 Å². The molecule has 1 aliphatic heterocycles. The van der Waals surface area contributed by atoms with Gasteiger partial charge in [0, 0.05) is 32.7 Å². The maximum Gasteiger partial charge on any atom is 0.310 e. The highest BCUT2D eigenvalue weighted by Crippen LogP contribution is 2.24. The minimum Gasteiger partial charge on any atom is -0.469 e. The summed E-state index contributed by atoms with van der Waals surface area (Å²) in [7, 11) is 3.46. The van der Waals surface area contributed by atoms with Gasteiger partial charge in [0.1, 0.15) is 5.82 Å². The van der Waals surface area contributed by atoms with Crippen molar-refractivity contribution in [2.45, 2.75) is 20.4 Å². The first-order valence-corrected chi connectivity index (χ1v) is 9.48. The fraction of sp³-hybridized carbons (Fsp3) is 0.600. The van der Waals surface area contributed by atoms with Crippen LogP contribution >= 0.6 is 24.0 Å². The van der Waals surface area contributed by atoms with Crippen LogP contribution in [-0.2, 0) is 16.1 Å². The number of benzene rings is 1. The Balaban J connectivity index is 0.00000392. The number of aliphatic imine (C=N–C) groups is 1. The highest BCUT2D eigenvalue weighted by Gasteiger charge is 2.36. The summed E-state index contributed by atoms with van der Waals surface area (Å²) in [6.07, 6.45) is 0. The minimum absolute atomic E-state index is 0. The summed E-state index contributed by atoms with van der Waals surface area (Å²) in [5.74, 6) is 0.597. The molecule has 28 heavy (non-hydrogen) atoms.